The first-order chi connectivity index (χ1) is 5.58. The molecule has 0 bridgehead atoms. The second kappa shape index (κ2) is 3.25. The van der Waals surface area contributed by atoms with Crippen LogP contribution in [0.2, 0.25) is 0 Å². The number of azo groups is 1. The summed E-state index contributed by atoms with van der Waals surface area (Å²) in [6.45, 7) is 0. The van der Waals surface area contributed by atoms with Crippen LogP contribution in [0.25, 0.3) is 0 Å². The van der Waals surface area contributed by atoms with Crippen molar-refractivity contribution in [2.75, 3.05) is 0 Å². The van der Waals surface area contributed by atoms with E-state index in [-0.39, 0.29) is 12.4 Å². The van der Waals surface area contributed by atoms with E-state index >= 15 is 0 Å². The quantitative estimate of drug-likeness (QED) is 0.281. The molecule has 0 spiro atoms. The normalized spacial score (nSPS) is 29.7. The molecule has 0 aromatic rings. The fraction of sp³-hybridized carbons (Fsp3) is 0.333. The standard InChI is InChI=1S/C3H3ClN4O3S/c4-3(12(10)11)6-2(5-1-9)7-8-3/h1H,(H,10,11)(H,5,6,9)/p-1. The lowest BCUT2D eigenvalue weighted by atomic mass is 10.9. The van der Waals surface area contributed by atoms with Gasteiger partial charge in [0.05, 0.1) is 0 Å². The summed E-state index contributed by atoms with van der Waals surface area (Å²) in [7, 11) is 0. The van der Waals surface area contributed by atoms with E-state index < -0.39 is 15.5 Å². The molecule has 1 N–H and O–H groups in total. The smallest absolute Gasteiger partial charge is 0.312 e. The van der Waals surface area contributed by atoms with Crippen molar-refractivity contribution in [3.05, 3.63) is 0 Å². The highest BCUT2D eigenvalue weighted by atomic mass is 35.5. The molecule has 0 aromatic heterocycles. The van der Waals surface area contributed by atoms with Gasteiger partial charge in [-0.05, 0) is 0 Å². The summed E-state index contributed by atoms with van der Waals surface area (Å²) in [5, 5.41) is 8.33. The van der Waals surface area contributed by atoms with E-state index in [0.717, 1.165) is 0 Å². The van der Waals surface area contributed by atoms with Gasteiger partial charge >= 0.3 is 4.45 Å². The number of carbonyl (C=O) groups excluding carboxylic acids is 1. The van der Waals surface area contributed by atoms with Crippen molar-refractivity contribution < 1.29 is 13.6 Å². The summed E-state index contributed by atoms with van der Waals surface area (Å²) < 4.78 is 18.6. The molecule has 9 heteroatoms. The van der Waals surface area contributed by atoms with Crippen molar-refractivity contribution in [1.82, 2.24) is 5.32 Å². The molecule has 2 unspecified atom stereocenters. The molecule has 0 aromatic carbocycles. The largest absolute Gasteiger partial charge is 0.768 e. The number of nitrogens with one attached hydrogen (secondary N) is 1. The van der Waals surface area contributed by atoms with Crippen molar-refractivity contribution in [1.29, 1.82) is 0 Å². The molecule has 7 nitrogen and oxygen atoms in total. The molecule has 1 aliphatic rings. The molecule has 1 rings (SSSR count). The zero-order chi connectivity index (χ0) is 9.19. The molecular weight excluding hydrogens is 208 g/mol. The Labute approximate surface area is 74.2 Å². The Morgan fingerprint density at radius 3 is 2.83 bits per heavy atom. The minimum absolute atomic E-state index is 0.232. The number of rotatable bonds is 2. The van der Waals surface area contributed by atoms with E-state index in [1.54, 1.807) is 0 Å². The highest BCUT2D eigenvalue weighted by Gasteiger charge is 2.32. The van der Waals surface area contributed by atoms with Crippen LogP contribution in [0.1, 0.15) is 0 Å². The van der Waals surface area contributed by atoms with Gasteiger partial charge in [0.2, 0.25) is 12.4 Å². The lowest BCUT2D eigenvalue weighted by Crippen LogP contribution is -2.23. The molecule has 1 amide bonds. The molecule has 0 fully saturated rings. The Bertz CT molecular complexity index is 291. The van der Waals surface area contributed by atoms with Crippen LogP contribution in [-0.2, 0) is 15.9 Å². The second-order valence-electron chi connectivity index (χ2n) is 1.66. The van der Waals surface area contributed by atoms with Gasteiger partial charge in [-0.15, -0.1) is 10.2 Å². The van der Waals surface area contributed by atoms with Gasteiger partial charge in [-0.25, -0.2) is 0 Å². The Morgan fingerprint density at radius 2 is 2.42 bits per heavy atom. The number of hydrogen-bond acceptors (Lipinski definition) is 6. The summed E-state index contributed by atoms with van der Waals surface area (Å²) in [6, 6.07) is 0. The molecule has 1 heterocycles. The SMILES string of the molecule is O=CNC1=NC(Cl)(S(=O)[O-])N=N1. The van der Waals surface area contributed by atoms with E-state index in [1.165, 1.54) is 0 Å². The van der Waals surface area contributed by atoms with Crippen LogP contribution in [0.15, 0.2) is 15.2 Å². The van der Waals surface area contributed by atoms with Crippen LogP contribution in [0.4, 0.5) is 0 Å². The van der Waals surface area contributed by atoms with Gasteiger partial charge in [0.25, 0.3) is 0 Å². The minimum atomic E-state index is -2.72. The molecule has 12 heavy (non-hydrogen) atoms. The summed E-state index contributed by atoms with van der Waals surface area (Å²) in [6.07, 6.45) is 0.286. The number of aliphatic imine (C=N–C) groups is 1. The first kappa shape index (κ1) is 9.23. The second-order valence-corrected chi connectivity index (χ2v) is 3.45. The average Bonchev–Trinajstić information content (AvgIpc) is 2.34. The van der Waals surface area contributed by atoms with E-state index in [0.29, 0.717) is 0 Å². The molecule has 2 atom stereocenters. The van der Waals surface area contributed by atoms with Gasteiger partial charge in [0, 0.05) is 11.1 Å². The average molecular weight is 210 g/mol. The van der Waals surface area contributed by atoms with E-state index in [1.807, 2.05) is 5.32 Å². The maximum absolute atomic E-state index is 10.4. The predicted octanol–water partition coefficient (Wildman–Crippen LogP) is -0.717. The van der Waals surface area contributed by atoms with Crippen LogP contribution in [0.5, 0.6) is 0 Å². The van der Waals surface area contributed by atoms with E-state index in [4.69, 9.17) is 11.6 Å². The predicted molar refractivity (Wildman–Crippen MR) is 39.0 cm³/mol. The minimum Gasteiger partial charge on any atom is -0.768 e. The fourth-order valence-corrected chi connectivity index (χ4v) is 0.855. The van der Waals surface area contributed by atoms with Crippen molar-refractivity contribution in [3.63, 3.8) is 0 Å². The zero-order valence-corrected chi connectivity index (χ0v) is 7.00. The van der Waals surface area contributed by atoms with Gasteiger partial charge in [0.15, 0.2) is 0 Å². The number of hydrogen-bond donors (Lipinski definition) is 1. The maximum atomic E-state index is 10.4. The van der Waals surface area contributed by atoms with Crippen LogP contribution < -0.4 is 5.32 Å². The highest BCUT2D eigenvalue weighted by Crippen LogP contribution is 2.26. The third-order valence-corrected chi connectivity index (χ3v) is 2.05. The van der Waals surface area contributed by atoms with Crippen molar-refractivity contribution in [2.24, 2.45) is 15.2 Å². The summed E-state index contributed by atoms with van der Waals surface area (Å²) >= 11 is 2.60. The Kier molecular flexibility index (Phi) is 2.50. The van der Waals surface area contributed by atoms with E-state index in [9.17, 15) is 13.6 Å². The first-order valence-electron chi connectivity index (χ1n) is 2.60. The Morgan fingerprint density at radius 1 is 1.75 bits per heavy atom. The number of amides is 1. The van der Waals surface area contributed by atoms with Crippen LogP contribution >= 0.6 is 11.6 Å². The molecule has 1 aliphatic heterocycles. The number of alkyl halides is 1. The molecule has 0 aliphatic carbocycles. The molecule has 0 saturated heterocycles. The van der Waals surface area contributed by atoms with Gasteiger partial charge < -0.3 is 4.55 Å². The van der Waals surface area contributed by atoms with Crippen molar-refractivity contribution in [3.8, 4) is 0 Å². The summed E-state index contributed by atoms with van der Waals surface area (Å²) in [5.41, 5.74) is 0. The Balaban J connectivity index is 2.83. The van der Waals surface area contributed by atoms with Crippen LogP contribution in [0.3, 0.4) is 0 Å². The fourth-order valence-electron chi connectivity index (χ4n) is 0.469. The van der Waals surface area contributed by atoms with Gasteiger partial charge in [-0.1, -0.05) is 11.6 Å². The number of nitrogens with zero attached hydrogens (tertiary/aromatic N) is 3. The molecule has 0 saturated carbocycles. The third-order valence-electron chi connectivity index (χ3n) is 0.912. The first-order valence-corrected chi connectivity index (χ1v) is 4.05. The topological polar surface area (TPSA) is 106 Å². The molecular formula is C3H2ClN4O3S-. The highest BCUT2D eigenvalue weighted by molar-refractivity contribution is 7.82. The van der Waals surface area contributed by atoms with Gasteiger partial charge in [-0.2, -0.15) is 4.99 Å². The van der Waals surface area contributed by atoms with Gasteiger partial charge in [-0.3, -0.25) is 14.3 Å². The lowest BCUT2D eigenvalue weighted by molar-refractivity contribution is -0.108. The van der Waals surface area contributed by atoms with Crippen molar-refractivity contribution in [2.45, 2.75) is 4.45 Å². The lowest BCUT2D eigenvalue weighted by Gasteiger charge is -2.14. The number of halogens is 1. The number of guanidine groups is 1. The van der Waals surface area contributed by atoms with Gasteiger partial charge in [0.1, 0.15) is 0 Å². The van der Waals surface area contributed by atoms with Crippen LogP contribution in [0, 0.1) is 0 Å². The Hall–Kier alpha value is -0.860. The summed E-state index contributed by atoms with van der Waals surface area (Å²) in [5.74, 6) is -0.232. The zero-order valence-electron chi connectivity index (χ0n) is 5.43. The maximum Gasteiger partial charge on any atom is 0.312 e. The number of carbonyl (C=O) groups is 1. The summed E-state index contributed by atoms with van der Waals surface area (Å²) in [4.78, 5) is 13.2. The van der Waals surface area contributed by atoms with Crippen LogP contribution in [-0.4, -0.2) is 25.6 Å². The monoisotopic (exact) mass is 209 g/mol. The van der Waals surface area contributed by atoms with Crippen molar-refractivity contribution >= 4 is 35.1 Å². The molecule has 0 radical (unpaired) electrons. The molecule has 66 valence electrons. The third kappa shape index (κ3) is 1.65. The van der Waals surface area contributed by atoms with E-state index in [2.05, 4.69) is 15.2 Å².